The summed E-state index contributed by atoms with van der Waals surface area (Å²) in [5, 5.41) is 3.08. The van der Waals surface area contributed by atoms with E-state index in [0.29, 0.717) is 17.9 Å². The zero-order valence-electron chi connectivity index (χ0n) is 15.7. The van der Waals surface area contributed by atoms with E-state index in [0.717, 1.165) is 16.9 Å². The first-order chi connectivity index (χ1) is 12.4. The number of hydrogen-bond donors (Lipinski definition) is 1. The van der Waals surface area contributed by atoms with E-state index in [2.05, 4.69) is 11.4 Å². The summed E-state index contributed by atoms with van der Waals surface area (Å²) in [5.41, 5.74) is 1.80. The second kappa shape index (κ2) is 7.28. The minimum absolute atomic E-state index is 0.0701. The Bertz CT molecular complexity index is 800. The van der Waals surface area contributed by atoms with Gasteiger partial charge in [-0.3, -0.25) is 4.79 Å². The molecular formula is C21H25NO4. The highest BCUT2D eigenvalue weighted by Crippen LogP contribution is 2.39. The van der Waals surface area contributed by atoms with Crippen molar-refractivity contribution in [3.8, 4) is 17.2 Å². The molecule has 1 aliphatic heterocycles. The average molecular weight is 355 g/mol. The lowest BCUT2D eigenvalue weighted by Gasteiger charge is -2.38. The van der Waals surface area contributed by atoms with Crippen molar-refractivity contribution in [3.63, 3.8) is 0 Å². The maximum atomic E-state index is 12.5. The van der Waals surface area contributed by atoms with Crippen LogP contribution >= 0.6 is 0 Å². The molecule has 0 saturated carbocycles. The number of para-hydroxylation sites is 2. The van der Waals surface area contributed by atoms with Crippen LogP contribution in [-0.2, 0) is 4.79 Å². The maximum Gasteiger partial charge on any atom is 0.258 e. The Morgan fingerprint density at radius 1 is 1.23 bits per heavy atom. The Hall–Kier alpha value is -2.69. The lowest BCUT2D eigenvalue weighted by Crippen LogP contribution is -2.42. The van der Waals surface area contributed by atoms with Crippen LogP contribution in [0.2, 0.25) is 0 Å². The quantitative estimate of drug-likeness (QED) is 0.886. The number of carbonyl (C=O) groups is 1. The largest absolute Gasteiger partial charge is 0.493 e. The first kappa shape index (κ1) is 18.1. The normalized spacial score (nSPS) is 17.6. The lowest BCUT2D eigenvalue weighted by atomic mass is 9.89. The zero-order chi connectivity index (χ0) is 18.7. The Morgan fingerprint density at radius 3 is 2.69 bits per heavy atom. The first-order valence-electron chi connectivity index (χ1n) is 8.73. The number of amides is 1. The van der Waals surface area contributed by atoms with Gasteiger partial charge in [-0.2, -0.15) is 0 Å². The van der Waals surface area contributed by atoms with Crippen molar-refractivity contribution in [2.75, 3.05) is 13.7 Å². The van der Waals surface area contributed by atoms with Gasteiger partial charge >= 0.3 is 0 Å². The van der Waals surface area contributed by atoms with Crippen LogP contribution < -0.4 is 19.5 Å². The number of hydrogen-bond acceptors (Lipinski definition) is 4. The Morgan fingerprint density at radius 2 is 1.96 bits per heavy atom. The van der Waals surface area contributed by atoms with E-state index in [1.54, 1.807) is 19.2 Å². The highest BCUT2D eigenvalue weighted by Gasteiger charge is 2.34. The molecule has 1 amide bonds. The van der Waals surface area contributed by atoms with Crippen LogP contribution in [0.5, 0.6) is 17.2 Å². The van der Waals surface area contributed by atoms with E-state index >= 15 is 0 Å². The number of nitrogens with one attached hydrogen (secondary N) is 1. The molecule has 2 aromatic carbocycles. The molecule has 0 fully saturated rings. The monoisotopic (exact) mass is 355 g/mol. The topological polar surface area (TPSA) is 56.8 Å². The number of methoxy groups -OCH3 is 1. The van der Waals surface area contributed by atoms with Gasteiger partial charge in [-0.15, -0.1) is 0 Å². The van der Waals surface area contributed by atoms with Crippen LogP contribution in [0.1, 0.15) is 37.4 Å². The third-order valence-corrected chi connectivity index (χ3v) is 4.39. The average Bonchev–Trinajstić information content (AvgIpc) is 2.60. The molecule has 138 valence electrons. The standard InChI is InChI=1S/C21H25NO4/c1-14-9-10-17-15(11-14)16(12-21(2,3)26-17)22-20(23)13-25-19-8-6-5-7-18(19)24-4/h5-11,16H,12-13H2,1-4H3,(H,22,23). The molecule has 0 aliphatic carbocycles. The summed E-state index contributed by atoms with van der Waals surface area (Å²) in [6, 6.07) is 13.2. The zero-order valence-corrected chi connectivity index (χ0v) is 15.7. The van der Waals surface area contributed by atoms with Gasteiger partial charge in [0.2, 0.25) is 0 Å². The van der Waals surface area contributed by atoms with Crippen LogP contribution in [0.15, 0.2) is 42.5 Å². The summed E-state index contributed by atoms with van der Waals surface area (Å²) in [7, 11) is 1.58. The number of benzene rings is 2. The molecule has 0 bridgehead atoms. The summed E-state index contributed by atoms with van der Waals surface area (Å²) in [4.78, 5) is 12.5. The van der Waals surface area contributed by atoms with Gasteiger partial charge in [-0.05, 0) is 39.0 Å². The molecule has 1 atom stereocenters. The predicted molar refractivity (Wildman–Crippen MR) is 99.9 cm³/mol. The van der Waals surface area contributed by atoms with E-state index in [9.17, 15) is 4.79 Å². The van der Waals surface area contributed by atoms with E-state index in [-0.39, 0.29) is 24.2 Å². The summed E-state index contributed by atoms with van der Waals surface area (Å²) in [5.74, 6) is 1.80. The SMILES string of the molecule is COc1ccccc1OCC(=O)NC1CC(C)(C)Oc2ccc(C)cc21. The Kier molecular flexibility index (Phi) is 5.07. The molecule has 1 N–H and O–H groups in total. The lowest BCUT2D eigenvalue weighted by molar-refractivity contribution is -0.124. The third-order valence-electron chi connectivity index (χ3n) is 4.39. The van der Waals surface area contributed by atoms with Gasteiger partial charge in [-0.1, -0.05) is 29.8 Å². The molecular weight excluding hydrogens is 330 g/mol. The van der Waals surface area contributed by atoms with Crippen LogP contribution in [0.25, 0.3) is 0 Å². The van der Waals surface area contributed by atoms with Gasteiger partial charge < -0.3 is 19.5 Å². The highest BCUT2D eigenvalue weighted by molar-refractivity contribution is 5.78. The molecule has 0 aromatic heterocycles. The second-order valence-electron chi connectivity index (χ2n) is 7.17. The Balaban J connectivity index is 1.70. The van der Waals surface area contributed by atoms with Gasteiger partial charge in [0.25, 0.3) is 5.91 Å². The molecule has 0 spiro atoms. The van der Waals surface area contributed by atoms with Crippen molar-refractivity contribution in [3.05, 3.63) is 53.6 Å². The van der Waals surface area contributed by atoms with E-state index in [4.69, 9.17) is 14.2 Å². The molecule has 26 heavy (non-hydrogen) atoms. The molecule has 1 unspecified atom stereocenters. The summed E-state index contributed by atoms with van der Waals surface area (Å²) in [6.45, 7) is 6.02. The van der Waals surface area contributed by atoms with Crippen molar-refractivity contribution in [1.29, 1.82) is 0 Å². The van der Waals surface area contributed by atoms with Crippen molar-refractivity contribution in [1.82, 2.24) is 5.32 Å². The Labute approximate surface area is 154 Å². The number of aryl methyl sites for hydroxylation is 1. The number of rotatable bonds is 5. The van der Waals surface area contributed by atoms with Crippen molar-refractivity contribution < 1.29 is 19.0 Å². The van der Waals surface area contributed by atoms with Gasteiger partial charge in [0.1, 0.15) is 11.4 Å². The van der Waals surface area contributed by atoms with Gasteiger partial charge in [0, 0.05) is 12.0 Å². The van der Waals surface area contributed by atoms with Gasteiger partial charge in [0.05, 0.1) is 13.2 Å². The van der Waals surface area contributed by atoms with Crippen LogP contribution in [0.3, 0.4) is 0 Å². The van der Waals surface area contributed by atoms with E-state index < -0.39 is 0 Å². The third kappa shape index (κ3) is 4.10. The fourth-order valence-electron chi connectivity index (χ4n) is 3.22. The van der Waals surface area contributed by atoms with Gasteiger partial charge in [0.15, 0.2) is 18.1 Å². The summed E-state index contributed by atoms with van der Waals surface area (Å²) >= 11 is 0. The van der Waals surface area contributed by atoms with Crippen LogP contribution in [0.4, 0.5) is 0 Å². The molecule has 2 aromatic rings. The van der Waals surface area contributed by atoms with E-state index in [1.807, 2.05) is 45.0 Å². The fourth-order valence-corrected chi connectivity index (χ4v) is 3.22. The number of ether oxygens (including phenoxy) is 3. The molecule has 3 rings (SSSR count). The van der Waals surface area contributed by atoms with Crippen LogP contribution in [-0.4, -0.2) is 25.2 Å². The van der Waals surface area contributed by atoms with Crippen molar-refractivity contribution in [2.24, 2.45) is 0 Å². The minimum Gasteiger partial charge on any atom is -0.493 e. The number of fused-ring (bicyclic) bond motifs is 1. The number of carbonyl (C=O) groups excluding carboxylic acids is 1. The smallest absolute Gasteiger partial charge is 0.258 e. The van der Waals surface area contributed by atoms with E-state index in [1.165, 1.54) is 0 Å². The minimum atomic E-state index is -0.344. The highest BCUT2D eigenvalue weighted by atomic mass is 16.5. The fraction of sp³-hybridized carbons (Fsp3) is 0.381. The summed E-state index contributed by atoms with van der Waals surface area (Å²) in [6.07, 6.45) is 0.698. The molecule has 5 heteroatoms. The molecule has 5 nitrogen and oxygen atoms in total. The maximum absolute atomic E-state index is 12.5. The molecule has 0 radical (unpaired) electrons. The predicted octanol–water partition coefficient (Wildman–Crippen LogP) is 3.80. The van der Waals surface area contributed by atoms with Crippen LogP contribution in [0, 0.1) is 6.92 Å². The molecule has 1 heterocycles. The summed E-state index contributed by atoms with van der Waals surface area (Å²) < 4.78 is 16.9. The van der Waals surface area contributed by atoms with Crippen molar-refractivity contribution in [2.45, 2.75) is 38.8 Å². The first-order valence-corrected chi connectivity index (χ1v) is 8.73. The molecule has 1 aliphatic rings. The van der Waals surface area contributed by atoms with Gasteiger partial charge in [-0.25, -0.2) is 0 Å². The molecule has 0 saturated heterocycles. The second-order valence-corrected chi connectivity index (χ2v) is 7.17. The van der Waals surface area contributed by atoms with Crippen molar-refractivity contribution >= 4 is 5.91 Å².